The molecule has 2 atom stereocenters. The topological polar surface area (TPSA) is 68.4 Å². The van der Waals surface area contributed by atoms with Gasteiger partial charge in [0.2, 0.25) is 0 Å². The van der Waals surface area contributed by atoms with Gasteiger partial charge in [-0.15, -0.1) is 0 Å². The Labute approximate surface area is 240 Å². The maximum absolute atomic E-state index is 13.5. The Morgan fingerprint density at radius 2 is 1.70 bits per heavy atom. The van der Waals surface area contributed by atoms with Crippen LogP contribution in [0.1, 0.15) is 47.8 Å². The lowest BCUT2D eigenvalue weighted by Crippen LogP contribution is -2.38. The number of piperidine rings is 1. The molecule has 0 radical (unpaired) electrons. The van der Waals surface area contributed by atoms with Crippen molar-refractivity contribution in [3.8, 4) is 0 Å². The fourth-order valence-electron chi connectivity index (χ4n) is 6.31. The number of hydrogen-bond donors (Lipinski definition) is 2. The third-order valence-corrected chi connectivity index (χ3v) is 8.82. The number of aromatic amines is 1. The van der Waals surface area contributed by atoms with Crippen LogP contribution in [-0.4, -0.2) is 58.9 Å². The molecule has 3 aromatic carbocycles. The molecule has 3 amide bonds. The minimum Gasteiger partial charge on any atom is -0.361 e. The summed E-state index contributed by atoms with van der Waals surface area (Å²) >= 11 is 6.36. The third kappa shape index (κ3) is 5.79. The highest BCUT2D eigenvalue weighted by Crippen LogP contribution is 2.30. The molecule has 7 heteroatoms. The second-order valence-corrected chi connectivity index (χ2v) is 11.5. The predicted molar refractivity (Wildman–Crippen MR) is 160 cm³/mol. The monoisotopic (exact) mass is 554 g/mol. The highest BCUT2D eigenvalue weighted by atomic mass is 35.5. The van der Waals surface area contributed by atoms with Crippen molar-refractivity contribution in [1.82, 2.24) is 20.1 Å². The van der Waals surface area contributed by atoms with Crippen molar-refractivity contribution in [2.75, 3.05) is 26.2 Å². The molecule has 4 aromatic rings. The van der Waals surface area contributed by atoms with Crippen LogP contribution in [0.5, 0.6) is 0 Å². The van der Waals surface area contributed by atoms with E-state index in [0.717, 1.165) is 60.9 Å². The molecule has 3 heterocycles. The molecular formula is C33H35ClN4O2. The summed E-state index contributed by atoms with van der Waals surface area (Å²) in [5, 5.41) is 4.68. The molecule has 2 aliphatic rings. The van der Waals surface area contributed by atoms with E-state index in [2.05, 4.69) is 51.6 Å². The van der Waals surface area contributed by atoms with Crippen molar-refractivity contribution in [1.29, 1.82) is 0 Å². The lowest BCUT2D eigenvalue weighted by molar-refractivity contribution is -0.127. The van der Waals surface area contributed by atoms with Gasteiger partial charge >= 0.3 is 6.03 Å². The summed E-state index contributed by atoms with van der Waals surface area (Å²) in [7, 11) is 0. The fourth-order valence-corrected chi connectivity index (χ4v) is 6.51. The van der Waals surface area contributed by atoms with Gasteiger partial charge in [0.05, 0.1) is 0 Å². The number of para-hydroxylation sites is 1. The smallest absolute Gasteiger partial charge is 0.324 e. The van der Waals surface area contributed by atoms with Crippen LogP contribution >= 0.6 is 11.6 Å². The van der Waals surface area contributed by atoms with Gasteiger partial charge in [0.1, 0.15) is 6.04 Å². The molecule has 0 spiro atoms. The Morgan fingerprint density at radius 3 is 2.50 bits per heavy atom. The molecule has 6 nitrogen and oxygen atoms in total. The second kappa shape index (κ2) is 11.9. The SMILES string of the molecule is O=C1N[C@H](Cc2c[nH]c3ccccc23)C(=O)N1CC(CCN1CCC(c2ccccc2)CC1)c1cccc(Cl)c1. The summed E-state index contributed by atoms with van der Waals surface area (Å²) in [6, 6.07) is 25.8. The molecule has 2 fully saturated rings. The number of hydrogen-bond acceptors (Lipinski definition) is 3. The van der Waals surface area contributed by atoms with Crippen LogP contribution in [0, 0.1) is 0 Å². The van der Waals surface area contributed by atoms with Gasteiger partial charge in [0.15, 0.2) is 0 Å². The fraction of sp³-hybridized carbons (Fsp3) is 0.333. The standard InChI is InChI=1S/C33H35ClN4O2/c34-28-10-6-9-25(19-28)26(15-18-37-16-13-24(14-17-37)23-7-2-1-3-8-23)22-38-32(39)31(36-33(38)40)20-27-21-35-30-12-5-4-11-29(27)30/h1-12,19,21,24,26,31,35H,13-18,20,22H2,(H,36,40)/t26?,31-/m1/s1. The van der Waals surface area contributed by atoms with E-state index in [0.29, 0.717) is 23.9 Å². The van der Waals surface area contributed by atoms with E-state index >= 15 is 0 Å². The number of fused-ring (bicyclic) bond motifs is 1. The Balaban J connectivity index is 1.12. The minimum atomic E-state index is -0.566. The van der Waals surface area contributed by atoms with Crippen LogP contribution in [0.4, 0.5) is 4.79 Å². The van der Waals surface area contributed by atoms with E-state index in [1.54, 1.807) is 0 Å². The first-order valence-electron chi connectivity index (χ1n) is 14.2. The molecule has 40 heavy (non-hydrogen) atoms. The number of nitrogens with one attached hydrogen (secondary N) is 2. The molecule has 1 aromatic heterocycles. The first-order chi connectivity index (χ1) is 19.5. The highest BCUT2D eigenvalue weighted by Gasteiger charge is 2.39. The lowest BCUT2D eigenvalue weighted by atomic mass is 9.89. The van der Waals surface area contributed by atoms with Crippen LogP contribution in [0.15, 0.2) is 85.1 Å². The molecule has 1 unspecified atom stereocenters. The Bertz CT molecular complexity index is 1480. The van der Waals surface area contributed by atoms with Gasteiger partial charge < -0.3 is 15.2 Å². The van der Waals surface area contributed by atoms with Crippen LogP contribution in [0.3, 0.4) is 0 Å². The van der Waals surface area contributed by atoms with E-state index in [9.17, 15) is 9.59 Å². The number of amides is 3. The number of carbonyl (C=O) groups excluding carboxylic acids is 2. The molecule has 2 N–H and O–H groups in total. The lowest BCUT2D eigenvalue weighted by Gasteiger charge is -2.33. The number of benzene rings is 3. The Kier molecular flexibility index (Phi) is 7.89. The van der Waals surface area contributed by atoms with E-state index in [4.69, 9.17) is 11.6 Å². The van der Waals surface area contributed by atoms with E-state index < -0.39 is 6.04 Å². The quantitative estimate of drug-likeness (QED) is 0.237. The van der Waals surface area contributed by atoms with Gasteiger partial charge in [-0.25, -0.2) is 4.79 Å². The third-order valence-electron chi connectivity index (χ3n) is 8.58. The van der Waals surface area contributed by atoms with Crippen molar-refractivity contribution in [3.05, 3.63) is 107 Å². The van der Waals surface area contributed by atoms with Gasteiger partial charge in [-0.05, 0) is 79.7 Å². The molecule has 2 aliphatic heterocycles. The first kappa shape index (κ1) is 26.6. The zero-order valence-electron chi connectivity index (χ0n) is 22.6. The molecule has 206 valence electrons. The van der Waals surface area contributed by atoms with Gasteiger partial charge in [-0.1, -0.05) is 72.3 Å². The number of H-pyrrole nitrogens is 1. The van der Waals surface area contributed by atoms with Crippen molar-refractivity contribution in [3.63, 3.8) is 0 Å². The number of halogens is 1. The van der Waals surface area contributed by atoms with E-state index in [-0.39, 0.29) is 17.9 Å². The zero-order valence-corrected chi connectivity index (χ0v) is 23.3. The van der Waals surface area contributed by atoms with Crippen molar-refractivity contribution in [2.45, 2.75) is 43.6 Å². The molecule has 0 bridgehead atoms. The number of rotatable bonds is 9. The minimum absolute atomic E-state index is 0.00656. The number of imide groups is 1. The summed E-state index contributed by atoms with van der Waals surface area (Å²) in [6.45, 7) is 3.37. The molecule has 2 saturated heterocycles. The Hall–Kier alpha value is -3.61. The molecule has 6 rings (SSSR count). The largest absolute Gasteiger partial charge is 0.361 e. The average molecular weight is 555 g/mol. The maximum Gasteiger partial charge on any atom is 0.324 e. The van der Waals surface area contributed by atoms with Crippen LogP contribution in [-0.2, 0) is 11.2 Å². The average Bonchev–Trinajstić information content (AvgIpc) is 3.51. The maximum atomic E-state index is 13.5. The van der Waals surface area contributed by atoms with Gasteiger partial charge in [-0.2, -0.15) is 0 Å². The number of carbonyl (C=O) groups is 2. The van der Waals surface area contributed by atoms with E-state index in [1.165, 1.54) is 10.5 Å². The summed E-state index contributed by atoms with van der Waals surface area (Å²) < 4.78 is 0. The molecule has 0 saturated carbocycles. The summed E-state index contributed by atoms with van der Waals surface area (Å²) in [5.74, 6) is 0.458. The Morgan fingerprint density at radius 1 is 0.925 bits per heavy atom. The predicted octanol–water partition coefficient (Wildman–Crippen LogP) is 6.34. The molecule has 0 aliphatic carbocycles. The first-order valence-corrected chi connectivity index (χ1v) is 14.6. The molecular weight excluding hydrogens is 520 g/mol. The number of aromatic nitrogens is 1. The number of nitrogens with zero attached hydrogens (tertiary/aromatic N) is 2. The van der Waals surface area contributed by atoms with Crippen LogP contribution in [0.2, 0.25) is 5.02 Å². The van der Waals surface area contributed by atoms with Crippen LogP contribution in [0.25, 0.3) is 10.9 Å². The van der Waals surface area contributed by atoms with Gasteiger partial charge in [-0.3, -0.25) is 9.69 Å². The van der Waals surface area contributed by atoms with E-state index in [1.807, 2.05) is 48.7 Å². The van der Waals surface area contributed by atoms with Gasteiger partial charge in [0, 0.05) is 41.0 Å². The van der Waals surface area contributed by atoms with Crippen molar-refractivity contribution >= 4 is 34.4 Å². The second-order valence-electron chi connectivity index (χ2n) is 11.1. The summed E-state index contributed by atoms with van der Waals surface area (Å²) in [5.41, 5.74) is 4.55. The summed E-state index contributed by atoms with van der Waals surface area (Å²) in [6.07, 6.45) is 5.54. The number of likely N-dealkylation sites (tertiary alicyclic amines) is 1. The number of urea groups is 1. The summed E-state index contributed by atoms with van der Waals surface area (Å²) in [4.78, 5) is 33.7. The zero-order chi connectivity index (χ0) is 27.5. The normalized spacial score (nSPS) is 19.3. The highest BCUT2D eigenvalue weighted by molar-refractivity contribution is 6.30. The van der Waals surface area contributed by atoms with Crippen LogP contribution < -0.4 is 5.32 Å². The van der Waals surface area contributed by atoms with Crippen molar-refractivity contribution in [2.24, 2.45) is 0 Å². The van der Waals surface area contributed by atoms with Gasteiger partial charge in [0.25, 0.3) is 5.91 Å². The van der Waals surface area contributed by atoms with Crippen molar-refractivity contribution < 1.29 is 9.59 Å².